The molecule has 0 saturated carbocycles. The van der Waals surface area contributed by atoms with Crippen molar-refractivity contribution in [3.8, 4) is 22.3 Å². The van der Waals surface area contributed by atoms with Gasteiger partial charge in [-0.3, -0.25) is 0 Å². The first-order chi connectivity index (χ1) is 38.0. The molecule has 0 bridgehead atoms. The lowest BCUT2D eigenvalue weighted by atomic mass is 9.83. The molecule has 0 radical (unpaired) electrons. The molecule has 14 aromatic rings. The first kappa shape index (κ1) is 48.1. The van der Waals surface area contributed by atoms with Crippen molar-refractivity contribution in [3.63, 3.8) is 0 Å². The van der Waals surface area contributed by atoms with Crippen molar-refractivity contribution >= 4 is 129 Å². The van der Waals surface area contributed by atoms with Gasteiger partial charge in [0.15, 0.2) is 0 Å². The molecule has 2 aromatic heterocycles. The molecule has 0 fully saturated rings. The van der Waals surface area contributed by atoms with Crippen molar-refractivity contribution < 1.29 is 0 Å². The van der Waals surface area contributed by atoms with Gasteiger partial charge in [0, 0.05) is 62.5 Å². The van der Waals surface area contributed by atoms with Gasteiger partial charge in [-0.25, -0.2) is 0 Å². The van der Waals surface area contributed by atoms with E-state index in [0.29, 0.717) is 0 Å². The van der Waals surface area contributed by atoms with Crippen molar-refractivity contribution in [1.29, 1.82) is 0 Å². The maximum Gasteiger partial charge on any atom is 0.0543 e. The molecule has 378 valence electrons. The molecule has 0 aliphatic heterocycles. The normalized spacial score (nSPS) is 12.1. The minimum atomic E-state index is 0.268. The number of fused-ring (bicyclic) bond motifs is 6. The Kier molecular flexibility index (Phi) is 11.6. The SMILES string of the molecule is Cc1cccc(C)c1N(c1ccc(-c2cccc3c2sc2ccccc23)cc1)c1cc(C(C)C)c2ccc3c(N(c4ccc(-c5cccc6c5sc5ccccc56)cc4)c4c(C)cccc4C)cc(C(C)C)c4ccc1c2c43. The van der Waals surface area contributed by atoms with Gasteiger partial charge in [-0.05, 0) is 165 Å². The van der Waals surface area contributed by atoms with Crippen LogP contribution in [-0.4, -0.2) is 0 Å². The van der Waals surface area contributed by atoms with Gasteiger partial charge in [0.1, 0.15) is 0 Å². The van der Waals surface area contributed by atoms with Gasteiger partial charge in [-0.2, -0.15) is 0 Å². The fourth-order valence-electron chi connectivity index (χ4n) is 13.0. The highest BCUT2D eigenvalue weighted by atomic mass is 32.1. The van der Waals surface area contributed by atoms with Crippen LogP contribution in [0.1, 0.15) is 72.9 Å². The second-order valence-electron chi connectivity index (χ2n) is 22.2. The van der Waals surface area contributed by atoms with E-state index in [1.54, 1.807) is 0 Å². The Hall–Kier alpha value is -8.28. The van der Waals surface area contributed by atoms with E-state index in [0.717, 1.165) is 11.4 Å². The van der Waals surface area contributed by atoms with E-state index >= 15 is 0 Å². The fourth-order valence-corrected chi connectivity index (χ4v) is 15.4. The van der Waals surface area contributed by atoms with E-state index in [9.17, 15) is 0 Å². The second kappa shape index (κ2) is 18.7. The number of aryl methyl sites for hydroxylation is 4. The van der Waals surface area contributed by atoms with Crippen molar-refractivity contribution in [2.75, 3.05) is 9.80 Å². The van der Waals surface area contributed by atoms with Crippen LogP contribution < -0.4 is 9.80 Å². The molecular weight excluding hydrogens is 981 g/mol. The third-order valence-corrected chi connectivity index (χ3v) is 19.1. The Balaban J connectivity index is 0.996. The second-order valence-corrected chi connectivity index (χ2v) is 24.3. The highest BCUT2D eigenvalue weighted by Gasteiger charge is 2.28. The van der Waals surface area contributed by atoms with Crippen molar-refractivity contribution in [2.24, 2.45) is 0 Å². The maximum absolute atomic E-state index is 2.57. The summed E-state index contributed by atoms with van der Waals surface area (Å²) in [5.74, 6) is 0.536. The fraction of sp³-hybridized carbons (Fsp3) is 0.135. The molecule has 12 aromatic carbocycles. The third kappa shape index (κ3) is 7.56. The number of nitrogens with zero attached hydrogens (tertiary/aromatic N) is 2. The lowest BCUT2D eigenvalue weighted by molar-refractivity contribution is 0.875. The quantitative estimate of drug-likeness (QED) is 0.126. The van der Waals surface area contributed by atoms with Crippen molar-refractivity contribution in [3.05, 3.63) is 240 Å². The Morgan fingerprint density at radius 3 is 1.05 bits per heavy atom. The number of anilines is 6. The molecule has 14 rings (SSSR count). The van der Waals surface area contributed by atoms with Crippen LogP contribution in [-0.2, 0) is 0 Å². The highest BCUT2D eigenvalue weighted by Crippen LogP contribution is 2.53. The molecule has 2 nitrogen and oxygen atoms in total. The minimum Gasteiger partial charge on any atom is -0.309 e. The zero-order chi connectivity index (χ0) is 53.1. The largest absolute Gasteiger partial charge is 0.309 e. The van der Waals surface area contributed by atoms with Gasteiger partial charge < -0.3 is 9.80 Å². The molecule has 0 aliphatic rings. The molecule has 2 heterocycles. The smallest absolute Gasteiger partial charge is 0.0543 e. The zero-order valence-electron chi connectivity index (χ0n) is 45.5. The van der Waals surface area contributed by atoms with Crippen LogP contribution in [0.3, 0.4) is 0 Å². The van der Waals surface area contributed by atoms with Gasteiger partial charge in [-0.15, -0.1) is 22.7 Å². The monoisotopic (exact) mass is 1040 g/mol. The summed E-state index contributed by atoms with van der Waals surface area (Å²) in [6.07, 6.45) is 0. The number of hydrogen-bond acceptors (Lipinski definition) is 4. The third-order valence-electron chi connectivity index (χ3n) is 16.7. The van der Waals surface area contributed by atoms with E-state index in [2.05, 4.69) is 271 Å². The number of thiophene rings is 2. The van der Waals surface area contributed by atoms with Crippen molar-refractivity contribution in [1.82, 2.24) is 0 Å². The number of hydrogen-bond donors (Lipinski definition) is 0. The van der Waals surface area contributed by atoms with Gasteiger partial charge in [0.25, 0.3) is 0 Å². The average molecular weight is 1040 g/mol. The molecule has 78 heavy (non-hydrogen) atoms. The Labute approximate surface area is 465 Å². The van der Waals surface area contributed by atoms with Gasteiger partial charge in [-0.1, -0.05) is 185 Å². The summed E-state index contributed by atoms with van der Waals surface area (Å²) in [7, 11) is 0. The molecule has 0 spiro atoms. The standard InChI is InChI=1S/C74H60N2S2/c1-43(2)63-41-65(75(71-45(5)17-13-18-46(71)6)51-33-29-49(30-34-51)53-23-15-25-59-55-21-9-11-27-67(55)77-73(53)59)61-40-38-58-64(44(3)4)42-66(62-39-37-57(63)69(61)70(58)62)76(72-47(7)19-14-20-48(72)8)52-35-31-50(32-36-52)54-24-16-26-60-56-22-10-12-28-68(56)78-74(54)60/h9-44H,1-8H3. The molecular formula is C74H60N2S2. The van der Waals surface area contributed by atoms with E-state index < -0.39 is 0 Å². The molecule has 4 heteroatoms. The number of benzene rings is 12. The summed E-state index contributed by atoms with van der Waals surface area (Å²) in [6, 6.07) is 78.2. The number of para-hydroxylation sites is 2. The highest BCUT2D eigenvalue weighted by molar-refractivity contribution is 7.26. The summed E-state index contributed by atoms with van der Waals surface area (Å²) in [6.45, 7) is 18.5. The Morgan fingerprint density at radius 2 is 0.667 bits per heavy atom. The van der Waals surface area contributed by atoms with Crippen LogP contribution in [0, 0.1) is 27.7 Å². The Bertz CT molecular complexity index is 4330. The van der Waals surface area contributed by atoms with Gasteiger partial charge in [0.2, 0.25) is 0 Å². The van der Waals surface area contributed by atoms with E-state index in [4.69, 9.17) is 0 Å². The van der Waals surface area contributed by atoms with Crippen LogP contribution in [0.15, 0.2) is 206 Å². The van der Waals surface area contributed by atoms with Crippen molar-refractivity contribution in [2.45, 2.75) is 67.2 Å². The first-order valence-corrected chi connectivity index (χ1v) is 29.2. The predicted molar refractivity (Wildman–Crippen MR) is 343 cm³/mol. The average Bonchev–Trinajstić information content (AvgIpc) is 4.17. The summed E-state index contributed by atoms with van der Waals surface area (Å²) in [5.41, 5.74) is 19.8. The Morgan fingerprint density at radius 1 is 0.321 bits per heavy atom. The van der Waals surface area contributed by atoms with Crippen LogP contribution in [0.5, 0.6) is 0 Å². The zero-order valence-corrected chi connectivity index (χ0v) is 47.1. The molecule has 0 atom stereocenters. The number of rotatable bonds is 10. The molecule has 0 aliphatic carbocycles. The summed E-state index contributed by atoms with van der Waals surface area (Å²) < 4.78 is 5.32. The molecule has 0 unspecified atom stereocenters. The van der Waals surface area contributed by atoms with E-state index in [1.165, 1.54) is 151 Å². The molecule has 0 amide bonds. The summed E-state index contributed by atoms with van der Waals surface area (Å²) >= 11 is 3.78. The van der Waals surface area contributed by atoms with E-state index in [1.807, 2.05) is 22.7 Å². The predicted octanol–water partition coefficient (Wildman–Crippen LogP) is 23.1. The lowest BCUT2D eigenvalue weighted by Gasteiger charge is -2.33. The van der Waals surface area contributed by atoms with Gasteiger partial charge >= 0.3 is 0 Å². The maximum atomic E-state index is 2.57. The first-order valence-electron chi connectivity index (χ1n) is 27.5. The van der Waals surface area contributed by atoms with Crippen LogP contribution >= 0.6 is 22.7 Å². The van der Waals surface area contributed by atoms with Gasteiger partial charge in [0.05, 0.1) is 22.7 Å². The summed E-state index contributed by atoms with van der Waals surface area (Å²) in [4.78, 5) is 5.14. The summed E-state index contributed by atoms with van der Waals surface area (Å²) in [5, 5.41) is 13.1. The van der Waals surface area contributed by atoms with E-state index in [-0.39, 0.29) is 11.8 Å². The molecule has 0 saturated heterocycles. The topological polar surface area (TPSA) is 6.48 Å². The van der Waals surface area contributed by atoms with Crippen LogP contribution in [0.4, 0.5) is 34.1 Å². The lowest BCUT2D eigenvalue weighted by Crippen LogP contribution is -2.15. The van der Waals surface area contributed by atoms with Crippen LogP contribution in [0.2, 0.25) is 0 Å². The molecule has 0 N–H and O–H groups in total. The minimum absolute atomic E-state index is 0.268. The van der Waals surface area contributed by atoms with Crippen LogP contribution in [0.25, 0.3) is 94.9 Å².